The van der Waals surface area contributed by atoms with E-state index in [0.717, 1.165) is 17.8 Å². The number of halogens is 3. The number of alkyl halides is 3. The number of hydrogen-bond acceptors (Lipinski definition) is 4. The molecule has 2 N–H and O–H groups in total. The number of carbonyl (C=O) groups is 1. The standard InChI is InChI=1S/C11H9F3N2OS/c1-7(17)18-6-2-3-8-4-5-9(15)16-10(8)11(12,13)14/h4-5H,6H2,1H3,(H2,15,16). The summed E-state index contributed by atoms with van der Waals surface area (Å²) < 4.78 is 37.9. The molecule has 96 valence electrons. The lowest BCUT2D eigenvalue weighted by molar-refractivity contribution is -0.141. The summed E-state index contributed by atoms with van der Waals surface area (Å²) in [5.74, 6) is 4.74. The lowest BCUT2D eigenvalue weighted by Crippen LogP contribution is -2.12. The van der Waals surface area contributed by atoms with Crippen molar-refractivity contribution in [3.05, 3.63) is 23.4 Å². The van der Waals surface area contributed by atoms with Crippen molar-refractivity contribution < 1.29 is 18.0 Å². The number of thioether (sulfide) groups is 1. The van der Waals surface area contributed by atoms with Gasteiger partial charge in [-0.2, -0.15) is 13.2 Å². The highest BCUT2D eigenvalue weighted by molar-refractivity contribution is 8.13. The Morgan fingerprint density at radius 2 is 2.17 bits per heavy atom. The first-order valence-corrected chi connectivity index (χ1v) is 5.75. The number of carbonyl (C=O) groups excluding carboxylic acids is 1. The van der Waals surface area contributed by atoms with Gasteiger partial charge in [-0.3, -0.25) is 4.79 Å². The van der Waals surface area contributed by atoms with Gasteiger partial charge in [-0.15, -0.1) is 0 Å². The van der Waals surface area contributed by atoms with Gasteiger partial charge in [0, 0.05) is 6.92 Å². The van der Waals surface area contributed by atoms with Crippen LogP contribution in [0, 0.1) is 11.8 Å². The summed E-state index contributed by atoms with van der Waals surface area (Å²) in [5.41, 5.74) is 3.85. The number of nitrogen functional groups attached to an aromatic ring is 1. The van der Waals surface area contributed by atoms with E-state index in [2.05, 4.69) is 16.8 Å². The molecule has 0 amide bonds. The van der Waals surface area contributed by atoms with Gasteiger partial charge in [-0.1, -0.05) is 23.6 Å². The van der Waals surface area contributed by atoms with Gasteiger partial charge in [0.1, 0.15) is 5.82 Å². The van der Waals surface area contributed by atoms with Crippen LogP contribution < -0.4 is 5.73 Å². The third kappa shape index (κ3) is 4.30. The first kappa shape index (κ1) is 14.4. The third-order valence-electron chi connectivity index (χ3n) is 1.76. The van der Waals surface area contributed by atoms with E-state index in [1.807, 2.05) is 0 Å². The van der Waals surface area contributed by atoms with Gasteiger partial charge in [-0.25, -0.2) is 4.98 Å². The maximum atomic E-state index is 12.6. The van der Waals surface area contributed by atoms with Gasteiger partial charge in [0.2, 0.25) is 0 Å². The van der Waals surface area contributed by atoms with Gasteiger partial charge in [-0.05, 0) is 12.1 Å². The number of pyridine rings is 1. The fourth-order valence-electron chi connectivity index (χ4n) is 1.06. The molecule has 0 unspecified atom stereocenters. The predicted molar refractivity (Wildman–Crippen MR) is 63.7 cm³/mol. The average Bonchev–Trinajstić information content (AvgIpc) is 2.24. The molecule has 1 rings (SSSR count). The molecule has 0 aliphatic heterocycles. The van der Waals surface area contributed by atoms with Crippen molar-refractivity contribution >= 4 is 22.7 Å². The highest BCUT2D eigenvalue weighted by Crippen LogP contribution is 2.30. The van der Waals surface area contributed by atoms with Gasteiger partial charge in [0.25, 0.3) is 0 Å². The molecular formula is C11H9F3N2OS. The largest absolute Gasteiger partial charge is 0.434 e. The summed E-state index contributed by atoms with van der Waals surface area (Å²) in [6, 6.07) is 2.41. The smallest absolute Gasteiger partial charge is 0.384 e. The van der Waals surface area contributed by atoms with Crippen molar-refractivity contribution in [1.82, 2.24) is 4.98 Å². The van der Waals surface area contributed by atoms with Crippen LogP contribution in [-0.2, 0) is 11.0 Å². The Morgan fingerprint density at radius 3 is 2.72 bits per heavy atom. The van der Waals surface area contributed by atoms with Crippen molar-refractivity contribution in [3.8, 4) is 11.8 Å². The number of nitrogens with zero attached hydrogens (tertiary/aromatic N) is 1. The Hall–Kier alpha value is -1.68. The summed E-state index contributed by atoms with van der Waals surface area (Å²) in [5, 5.41) is -0.143. The summed E-state index contributed by atoms with van der Waals surface area (Å²) in [6.45, 7) is 1.36. The van der Waals surface area contributed by atoms with E-state index < -0.39 is 11.9 Å². The zero-order chi connectivity index (χ0) is 13.8. The van der Waals surface area contributed by atoms with Crippen LogP contribution in [0.4, 0.5) is 19.0 Å². The molecule has 0 aromatic carbocycles. The van der Waals surface area contributed by atoms with E-state index in [-0.39, 0.29) is 22.2 Å². The highest BCUT2D eigenvalue weighted by Gasteiger charge is 2.35. The monoisotopic (exact) mass is 274 g/mol. The van der Waals surface area contributed by atoms with Crippen molar-refractivity contribution in [2.24, 2.45) is 0 Å². The Bertz CT molecular complexity index is 517. The molecule has 1 aromatic rings. The van der Waals surface area contributed by atoms with Crippen LogP contribution in [0.5, 0.6) is 0 Å². The molecule has 3 nitrogen and oxygen atoms in total. The zero-order valence-electron chi connectivity index (χ0n) is 9.34. The quantitative estimate of drug-likeness (QED) is 0.798. The van der Waals surface area contributed by atoms with Gasteiger partial charge in [0.15, 0.2) is 10.8 Å². The fourth-order valence-corrected chi connectivity index (χ4v) is 1.41. The minimum absolute atomic E-state index is 0.136. The van der Waals surface area contributed by atoms with E-state index in [0.29, 0.717) is 0 Å². The summed E-state index contributed by atoms with van der Waals surface area (Å²) in [7, 11) is 0. The Kier molecular flexibility index (Phi) is 4.62. The molecule has 0 atom stereocenters. The number of hydrogen-bond donors (Lipinski definition) is 1. The fraction of sp³-hybridized carbons (Fsp3) is 0.273. The van der Waals surface area contributed by atoms with Crippen LogP contribution in [0.1, 0.15) is 18.2 Å². The van der Waals surface area contributed by atoms with Crippen molar-refractivity contribution in [1.29, 1.82) is 0 Å². The number of anilines is 1. The van der Waals surface area contributed by atoms with E-state index in [1.54, 1.807) is 0 Å². The van der Waals surface area contributed by atoms with Gasteiger partial charge in [0.05, 0.1) is 11.3 Å². The molecule has 0 saturated heterocycles. The minimum atomic E-state index is -4.60. The first-order chi connectivity index (χ1) is 8.30. The van der Waals surface area contributed by atoms with Crippen molar-refractivity contribution in [3.63, 3.8) is 0 Å². The minimum Gasteiger partial charge on any atom is -0.384 e. The molecule has 1 heterocycles. The number of rotatable bonds is 1. The van der Waals surface area contributed by atoms with Crippen molar-refractivity contribution in [2.45, 2.75) is 13.1 Å². The lowest BCUT2D eigenvalue weighted by atomic mass is 10.2. The van der Waals surface area contributed by atoms with Gasteiger partial charge < -0.3 is 5.73 Å². The molecule has 0 aliphatic rings. The maximum absolute atomic E-state index is 12.6. The lowest BCUT2D eigenvalue weighted by Gasteiger charge is -2.08. The number of aromatic nitrogens is 1. The molecule has 0 spiro atoms. The Morgan fingerprint density at radius 1 is 1.50 bits per heavy atom. The molecule has 0 radical (unpaired) electrons. The highest BCUT2D eigenvalue weighted by atomic mass is 32.2. The molecular weight excluding hydrogens is 265 g/mol. The maximum Gasteiger partial charge on any atom is 0.434 e. The molecule has 0 saturated carbocycles. The molecule has 7 heteroatoms. The number of nitrogens with two attached hydrogens (primary N) is 1. The summed E-state index contributed by atoms with van der Waals surface area (Å²) in [6.07, 6.45) is -4.60. The van der Waals surface area contributed by atoms with Crippen molar-refractivity contribution in [2.75, 3.05) is 11.5 Å². The van der Waals surface area contributed by atoms with E-state index in [9.17, 15) is 18.0 Å². The van der Waals surface area contributed by atoms with Crippen LogP contribution in [0.15, 0.2) is 12.1 Å². The third-order valence-corrected chi connectivity index (χ3v) is 2.45. The second-order valence-corrected chi connectivity index (χ2v) is 4.36. The summed E-state index contributed by atoms with van der Waals surface area (Å²) in [4.78, 5) is 13.8. The SMILES string of the molecule is CC(=O)SCC#Cc1ccc(N)nc1C(F)(F)F. The topological polar surface area (TPSA) is 56.0 Å². The van der Waals surface area contributed by atoms with Crippen LogP contribution in [0.2, 0.25) is 0 Å². The molecule has 18 heavy (non-hydrogen) atoms. The first-order valence-electron chi connectivity index (χ1n) is 4.76. The normalized spacial score (nSPS) is 10.7. The molecule has 0 fully saturated rings. The average molecular weight is 274 g/mol. The predicted octanol–water partition coefficient (Wildman–Crippen LogP) is 2.31. The molecule has 0 aliphatic carbocycles. The molecule has 0 bridgehead atoms. The van der Waals surface area contributed by atoms with E-state index >= 15 is 0 Å². The Balaban J connectivity index is 2.98. The Labute approximate surface area is 106 Å². The zero-order valence-corrected chi connectivity index (χ0v) is 10.2. The second-order valence-electron chi connectivity index (χ2n) is 3.21. The van der Waals surface area contributed by atoms with E-state index in [1.165, 1.54) is 13.0 Å². The van der Waals surface area contributed by atoms with Gasteiger partial charge >= 0.3 is 6.18 Å². The van der Waals surface area contributed by atoms with Crippen LogP contribution in [-0.4, -0.2) is 15.9 Å². The summed E-state index contributed by atoms with van der Waals surface area (Å²) >= 11 is 0.928. The van der Waals surface area contributed by atoms with Crippen LogP contribution in [0.3, 0.4) is 0 Å². The van der Waals surface area contributed by atoms with Crippen LogP contribution >= 0.6 is 11.8 Å². The van der Waals surface area contributed by atoms with Crippen LogP contribution in [0.25, 0.3) is 0 Å². The van der Waals surface area contributed by atoms with E-state index in [4.69, 9.17) is 5.73 Å². The second kappa shape index (κ2) is 5.78. The molecule has 1 aromatic heterocycles.